The highest BCUT2D eigenvalue weighted by Crippen LogP contribution is 2.24. The molecule has 0 radical (unpaired) electrons. The van der Waals surface area contributed by atoms with E-state index in [1.165, 1.54) is 24.5 Å². The Morgan fingerprint density at radius 2 is 2.31 bits per heavy atom. The predicted molar refractivity (Wildman–Crippen MR) is 53.6 cm³/mol. The number of oxazole rings is 1. The van der Waals surface area contributed by atoms with Crippen LogP contribution in [-0.4, -0.2) is 10.1 Å². The molecular weight excluding hydrogens is 213 g/mol. The Morgan fingerprint density at radius 3 is 2.94 bits per heavy atom. The number of aryl methyl sites for hydroxylation is 1. The normalized spacial score (nSPS) is 10.4. The van der Waals surface area contributed by atoms with Gasteiger partial charge in [0.25, 0.3) is 0 Å². The first kappa shape index (κ1) is 10.6. The minimum Gasteiger partial charge on any atom is -0.417 e. The van der Waals surface area contributed by atoms with Gasteiger partial charge in [-0.25, -0.2) is 4.39 Å². The number of halogens is 1. The molecular formula is C11H10FNO3. The molecule has 0 unspecified atom stereocenters. The molecule has 2 rings (SSSR count). The van der Waals surface area contributed by atoms with Crippen molar-refractivity contribution in [2.45, 2.75) is 13.5 Å². The summed E-state index contributed by atoms with van der Waals surface area (Å²) >= 11 is 0. The lowest BCUT2D eigenvalue weighted by Gasteiger charge is -2.03. The van der Waals surface area contributed by atoms with Crippen molar-refractivity contribution >= 4 is 0 Å². The van der Waals surface area contributed by atoms with Crippen LogP contribution in [0.3, 0.4) is 0 Å². The minimum absolute atomic E-state index is 0.0266. The predicted octanol–water partition coefficient (Wildman–Crippen LogP) is 2.41. The van der Waals surface area contributed by atoms with Crippen LogP contribution in [0.5, 0.6) is 11.8 Å². The highest BCUT2D eigenvalue weighted by molar-refractivity contribution is 5.34. The first-order chi connectivity index (χ1) is 7.69. The van der Waals surface area contributed by atoms with Crippen molar-refractivity contribution in [3.63, 3.8) is 0 Å². The second-order valence-corrected chi connectivity index (χ2v) is 3.27. The van der Waals surface area contributed by atoms with E-state index in [2.05, 4.69) is 4.98 Å². The zero-order valence-electron chi connectivity index (χ0n) is 8.61. The lowest BCUT2D eigenvalue weighted by molar-refractivity contribution is 0.276. The molecule has 0 amide bonds. The van der Waals surface area contributed by atoms with E-state index >= 15 is 0 Å². The van der Waals surface area contributed by atoms with Crippen LogP contribution < -0.4 is 4.74 Å². The fourth-order valence-electron chi connectivity index (χ4n) is 1.23. The lowest BCUT2D eigenvalue weighted by Crippen LogP contribution is -1.89. The molecule has 0 aliphatic rings. The Hall–Kier alpha value is -1.88. The van der Waals surface area contributed by atoms with E-state index in [0.717, 1.165) is 0 Å². The number of aliphatic hydroxyl groups is 1. The van der Waals surface area contributed by atoms with Gasteiger partial charge in [-0.05, 0) is 30.7 Å². The van der Waals surface area contributed by atoms with E-state index in [-0.39, 0.29) is 18.5 Å². The highest BCUT2D eigenvalue weighted by atomic mass is 19.1. The summed E-state index contributed by atoms with van der Waals surface area (Å²) in [4.78, 5) is 3.85. The Bertz CT molecular complexity index is 496. The fourth-order valence-corrected chi connectivity index (χ4v) is 1.23. The van der Waals surface area contributed by atoms with E-state index in [1.54, 1.807) is 6.92 Å². The molecule has 0 bridgehead atoms. The standard InChI is InChI=1S/C11H10FNO3/c1-7-4-8(12)2-3-10(7)16-11-13-9(5-14)6-15-11/h2-4,6,14H,5H2,1H3. The van der Waals surface area contributed by atoms with Gasteiger partial charge in [0.2, 0.25) is 0 Å². The van der Waals surface area contributed by atoms with Crippen molar-refractivity contribution in [3.05, 3.63) is 41.5 Å². The third kappa shape index (κ3) is 2.20. The minimum atomic E-state index is -0.326. The Balaban J connectivity index is 2.20. The average molecular weight is 223 g/mol. The summed E-state index contributed by atoms with van der Waals surface area (Å²) in [6, 6.07) is 4.14. The second-order valence-electron chi connectivity index (χ2n) is 3.27. The van der Waals surface area contributed by atoms with Crippen LogP contribution in [0.4, 0.5) is 4.39 Å². The van der Waals surface area contributed by atoms with Crippen molar-refractivity contribution in [3.8, 4) is 11.8 Å². The van der Waals surface area contributed by atoms with Gasteiger partial charge in [-0.3, -0.25) is 0 Å². The summed E-state index contributed by atoms with van der Waals surface area (Å²) in [5, 5.41) is 8.78. The molecule has 0 aliphatic heterocycles. The number of nitrogens with zero attached hydrogens (tertiary/aromatic N) is 1. The van der Waals surface area contributed by atoms with Crippen molar-refractivity contribution < 1.29 is 18.7 Å². The zero-order chi connectivity index (χ0) is 11.5. The van der Waals surface area contributed by atoms with Gasteiger partial charge in [0.1, 0.15) is 23.5 Å². The maximum atomic E-state index is 12.8. The number of rotatable bonds is 3. The summed E-state index contributed by atoms with van der Waals surface area (Å²) < 4.78 is 23.1. The third-order valence-corrected chi connectivity index (χ3v) is 2.03. The first-order valence-electron chi connectivity index (χ1n) is 4.68. The summed E-state index contributed by atoms with van der Waals surface area (Å²) in [6.07, 6.45) is 1.33. The second kappa shape index (κ2) is 4.32. The SMILES string of the molecule is Cc1cc(F)ccc1Oc1nc(CO)co1. The molecule has 1 N–H and O–H groups in total. The monoisotopic (exact) mass is 223 g/mol. The summed E-state index contributed by atoms with van der Waals surface area (Å²) in [5.74, 6) is 0.140. The molecule has 16 heavy (non-hydrogen) atoms. The molecule has 0 spiro atoms. The Morgan fingerprint density at radius 1 is 1.50 bits per heavy atom. The molecule has 2 aromatic rings. The maximum Gasteiger partial charge on any atom is 0.399 e. The quantitative estimate of drug-likeness (QED) is 0.868. The van der Waals surface area contributed by atoms with E-state index in [9.17, 15) is 4.39 Å². The van der Waals surface area contributed by atoms with Crippen LogP contribution in [-0.2, 0) is 6.61 Å². The van der Waals surface area contributed by atoms with Gasteiger partial charge in [0.15, 0.2) is 0 Å². The molecule has 0 saturated carbocycles. The summed E-state index contributed by atoms with van der Waals surface area (Å²) in [5.41, 5.74) is 1.03. The van der Waals surface area contributed by atoms with Gasteiger partial charge in [-0.15, -0.1) is 0 Å². The average Bonchev–Trinajstić information content (AvgIpc) is 2.70. The van der Waals surface area contributed by atoms with E-state index in [1.807, 2.05) is 0 Å². The first-order valence-corrected chi connectivity index (χ1v) is 4.68. The zero-order valence-corrected chi connectivity index (χ0v) is 8.61. The lowest BCUT2D eigenvalue weighted by atomic mass is 10.2. The van der Waals surface area contributed by atoms with Crippen molar-refractivity contribution in [2.24, 2.45) is 0 Å². The van der Waals surface area contributed by atoms with Crippen LogP contribution in [0.25, 0.3) is 0 Å². The van der Waals surface area contributed by atoms with Crippen molar-refractivity contribution in [1.29, 1.82) is 0 Å². The molecule has 0 aliphatic carbocycles. The molecule has 1 aromatic carbocycles. The number of hydrogen-bond acceptors (Lipinski definition) is 4. The molecule has 84 valence electrons. The van der Waals surface area contributed by atoms with Crippen molar-refractivity contribution in [2.75, 3.05) is 0 Å². The Labute approximate surface area is 91.3 Å². The molecule has 1 aromatic heterocycles. The van der Waals surface area contributed by atoms with Gasteiger partial charge in [0.05, 0.1) is 6.61 Å². The summed E-state index contributed by atoms with van der Waals surface area (Å²) in [6.45, 7) is 1.50. The smallest absolute Gasteiger partial charge is 0.399 e. The van der Waals surface area contributed by atoms with Gasteiger partial charge in [0, 0.05) is 0 Å². The van der Waals surface area contributed by atoms with Crippen LogP contribution in [0.15, 0.2) is 28.9 Å². The van der Waals surface area contributed by atoms with E-state index in [4.69, 9.17) is 14.3 Å². The highest BCUT2D eigenvalue weighted by Gasteiger charge is 2.08. The Kier molecular flexibility index (Phi) is 2.87. The number of aliphatic hydroxyl groups excluding tert-OH is 1. The van der Waals surface area contributed by atoms with Gasteiger partial charge < -0.3 is 14.3 Å². The number of hydrogen-bond donors (Lipinski definition) is 1. The number of benzene rings is 1. The largest absolute Gasteiger partial charge is 0.417 e. The molecule has 0 fully saturated rings. The van der Waals surface area contributed by atoms with Gasteiger partial charge in [-0.1, -0.05) is 0 Å². The van der Waals surface area contributed by atoms with Crippen LogP contribution in [0, 0.1) is 12.7 Å². The van der Waals surface area contributed by atoms with Crippen LogP contribution in [0.2, 0.25) is 0 Å². The van der Waals surface area contributed by atoms with Gasteiger partial charge >= 0.3 is 6.08 Å². The number of ether oxygens (including phenoxy) is 1. The fraction of sp³-hybridized carbons (Fsp3) is 0.182. The molecule has 5 heteroatoms. The maximum absolute atomic E-state index is 12.8. The van der Waals surface area contributed by atoms with E-state index in [0.29, 0.717) is 17.0 Å². The van der Waals surface area contributed by atoms with Crippen LogP contribution >= 0.6 is 0 Å². The molecule has 0 atom stereocenters. The van der Waals surface area contributed by atoms with E-state index < -0.39 is 0 Å². The summed E-state index contributed by atoms with van der Waals surface area (Å²) in [7, 11) is 0. The third-order valence-electron chi connectivity index (χ3n) is 2.03. The van der Waals surface area contributed by atoms with Gasteiger partial charge in [-0.2, -0.15) is 4.98 Å². The molecule has 1 heterocycles. The number of aromatic nitrogens is 1. The molecule has 4 nitrogen and oxygen atoms in total. The van der Waals surface area contributed by atoms with Crippen LogP contribution in [0.1, 0.15) is 11.3 Å². The van der Waals surface area contributed by atoms with Crippen molar-refractivity contribution in [1.82, 2.24) is 4.98 Å². The topological polar surface area (TPSA) is 55.5 Å². The molecule has 0 saturated heterocycles.